The van der Waals surface area contributed by atoms with E-state index in [9.17, 15) is 5.11 Å². The molecule has 1 aromatic carbocycles. The second-order valence-electron chi connectivity index (χ2n) is 5.75. The average Bonchev–Trinajstić information content (AvgIpc) is 2.33. The first-order valence-corrected chi connectivity index (χ1v) is 6.83. The summed E-state index contributed by atoms with van der Waals surface area (Å²) < 4.78 is 0. The lowest BCUT2D eigenvalue weighted by Crippen LogP contribution is -2.20. The molecule has 1 aliphatic rings. The summed E-state index contributed by atoms with van der Waals surface area (Å²) >= 11 is 0. The minimum absolute atomic E-state index is 0.262. The van der Waals surface area contributed by atoms with E-state index in [2.05, 4.69) is 39.0 Å². The predicted molar refractivity (Wildman–Crippen MR) is 72.0 cm³/mol. The second kappa shape index (κ2) is 5.22. The fourth-order valence-electron chi connectivity index (χ4n) is 2.95. The van der Waals surface area contributed by atoms with Gasteiger partial charge in [-0.25, -0.2) is 0 Å². The summed E-state index contributed by atoms with van der Waals surface area (Å²) in [6.07, 6.45) is 4.63. The molecule has 94 valence electrons. The van der Waals surface area contributed by atoms with E-state index < -0.39 is 0 Å². The quantitative estimate of drug-likeness (QED) is 0.811. The molecule has 1 aliphatic carbocycles. The van der Waals surface area contributed by atoms with E-state index in [-0.39, 0.29) is 6.10 Å². The van der Waals surface area contributed by atoms with Crippen LogP contribution in [0.25, 0.3) is 0 Å². The van der Waals surface area contributed by atoms with Gasteiger partial charge >= 0.3 is 0 Å². The maximum atomic E-state index is 10.5. The summed E-state index contributed by atoms with van der Waals surface area (Å²) in [6.45, 7) is 6.56. The molecule has 0 spiro atoms. The lowest BCUT2D eigenvalue weighted by molar-refractivity contribution is 0.0750. The van der Waals surface area contributed by atoms with Crippen LogP contribution in [0.1, 0.15) is 55.4 Å². The Morgan fingerprint density at radius 2 is 1.76 bits per heavy atom. The third-order valence-corrected chi connectivity index (χ3v) is 4.47. The Labute approximate surface area is 105 Å². The number of aryl methyl sites for hydroxylation is 1. The van der Waals surface area contributed by atoms with Crippen molar-refractivity contribution < 1.29 is 5.11 Å². The summed E-state index contributed by atoms with van der Waals surface area (Å²) in [7, 11) is 0. The van der Waals surface area contributed by atoms with Crippen molar-refractivity contribution in [3.63, 3.8) is 0 Å². The van der Waals surface area contributed by atoms with Gasteiger partial charge in [-0.3, -0.25) is 0 Å². The maximum absolute atomic E-state index is 10.5. The van der Waals surface area contributed by atoms with Gasteiger partial charge in [0.1, 0.15) is 0 Å². The smallest absolute Gasteiger partial charge is 0.0820 e. The Kier molecular flexibility index (Phi) is 3.88. The zero-order valence-electron chi connectivity index (χ0n) is 11.2. The van der Waals surface area contributed by atoms with E-state index in [1.54, 1.807) is 0 Å². The van der Waals surface area contributed by atoms with Crippen molar-refractivity contribution in [2.24, 2.45) is 11.8 Å². The lowest BCUT2D eigenvalue weighted by atomic mass is 9.77. The van der Waals surface area contributed by atoms with Gasteiger partial charge in [-0.2, -0.15) is 0 Å². The summed E-state index contributed by atoms with van der Waals surface area (Å²) in [5.74, 6) is 1.31. The van der Waals surface area contributed by atoms with Crippen LogP contribution in [0.4, 0.5) is 0 Å². The molecule has 2 rings (SSSR count). The van der Waals surface area contributed by atoms with Crippen LogP contribution in [0.3, 0.4) is 0 Å². The Hall–Kier alpha value is -0.820. The lowest BCUT2D eigenvalue weighted by Gasteiger charge is -2.31. The molecule has 0 radical (unpaired) electrons. The Balaban J connectivity index is 2.14. The number of aliphatic hydroxyl groups is 1. The number of hydrogen-bond donors (Lipinski definition) is 1. The van der Waals surface area contributed by atoms with Crippen LogP contribution in [0.2, 0.25) is 0 Å². The standard InChI is InChI=1S/C16H24O/c1-11-7-9-14(10-8-11)16(17)15-6-4-5-12(2)13(15)3/h4-6,11,14,16-17H,7-10H2,1-3H3. The summed E-state index contributed by atoms with van der Waals surface area (Å²) in [5, 5.41) is 10.5. The van der Waals surface area contributed by atoms with Crippen LogP contribution in [0, 0.1) is 25.7 Å². The number of benzene rings is 1. The van der Waals surface area contributed by atoms with Crippen LogP contribution < -0.4 is 0 Å². The van der Waals surface area contributed by atoms with Crippen molar-refractivity contribution in [3.8, 4) is 0 Å². The molecule has 0 aromatic heterocycles. The van der Waals surface area contributed by atoms with Crippen molar-refractivity contribution >= 4 is 0 Å². The van der Waals surface area contributed by atoms with Gasteiger partial charge < -0.3 is 5.11 Å². The Bertz CT molecular complexity index is 375. The van der Waals surface area contributed by atoms with E-state index in [4.69, 9.17) is 0 Å². The number of rotatable bonds is 2. The summed E-state index contributed by atoms with van der Waals surface area (Å²) in [4.78, 5) is 0. The first-order valence-electron chi connectivity index (χ1n) is 6.83. The summed E-state index contributed by atoms with van der Waals surface area (Å²) in [6, 6.07) is 6.27. The van der Waals surface area contributed by atoms with Gasteiger partial charge in [0.15, 0.2) is 0 Å². The van der Waals surface area contributed by atoms with Crippen LogP contribution in [0.5, 0.6) is 0 Å². The SMILES string of the molecule is Cc1cccc(C(O)C2CCC(C)CC2)c1C. The van der Waals surface area contributed by atoms with Crippen molar-refractivity contribution in [1.82, 2.24) is 0 Å². The predicted octanol–water partition coefficient (Wildman–Crippen LogP) is 4.16. The van der Waals surface area contributed by atoms with E-state index in [1.165, 1.54) is 36.8 Å². The molecule has 0 heterocycles. The highest BCUT2D eigenvalue weighted by atomic mass is 16.3. The van der Waals surface area contributed by atoms with Gasteiger partial charge in [0.25, 0.3) is 0 Å². The highest BCUT2D eigenvalue weighted by Crippen LogP contribution is 2.37. The van der Waals surface area contributed by atoms with Crippen molar-refractivity contribution in [3.05, 3.63) is 34.9 Å². The molecular formula is C16H24O. The van der Waals surface area contributed by atoms with Gasteiger partial charge in [-0.1, -0.05) is 38.0 Å². The van der Waals surface area contributed by atoms with Crippen molar-refractivity contribution in [2.75, 3.05) is 0 Å². The Morgan fingerprint density at radius 3 is 2.41 bits per heavy atom. The zero-order valence-corrected chi connectivity index (χ0v) is 11.2. The summed E-state index contributed by atoms with van der Waals surface area (Å²) in [5.41, 5.74) is 3.69. The minimum atomic E-state index is -0.262. The molecular weight excluding hydrogens is 208 g/mol. The monoisotopic (exact) mass is 232 g/mol. The van der Waals surface area contributed by atoms with E-state index in [1.807, 2.05) is 0 Å². The van der Waals surface area contributed by atoms with Crippen LogP contribution >= 0.6 is 0 Å². The molecule has 1 nitrogen and oxygen atoms in total. The van der Waals surface area contributed by atoms with Crippen LogP contribution in [-0.2, 0) is 0 Å². The van der Waals surface area contributed by atoms with Crippen LogP contribution in [0.15, 0.2) is 18.2 Å². The molecule has 1 heteroatoms. The molecule has 0 amide bonds. The van der Waals surface area contributed by atoms with Gasteiger partial charge in [-0.05, 0) is 55.2 Å². The molecule has 17 heavy (non-hydrogen) atoms. The first kappa shape index (κ1) is 12.6. The molecule has 1 fully saturated rings. The Morgan fingerprint density at radius 1 is 1.12 bits per heavy atom. The van der Waals surface area contributed by atoms with Gasteiger partial charge in [0.2, 0.25) is 0 Å². The molecule has 1 aromatic rings. The molecule has 1 atom stereocenters. The fraction of sp³-hybridized carbons (Fsp3) is 0.625. The highest BCUT2D eigenvalue weighted by molar-refractivity contribution is 5.34. The van der Waals surface area contributed by atoms with E-state index >= 15 is 0 Å². The normalized spacial score (nSPS) is 26.8. The highest BCUT2D eigenvalue weighted by Gasteiger charge is 2.26. The fourth-order valence-corrected chi connectivity index (χ4v) is 2.95. The molecule has 1 saturated carbocycles. The van der Waals surface area contributed by atoms with E-state index in [0.29, 0.717) is 5.92 Å². The third kappa shape index (κ3) is 2.71. The topological polar surface area (TPSA) is 20.2 Å². The van der Waals surface area contributed by atoms with Crippen molar-refractivity contribution in [1.29, 1.82) is 0 Å². The average molecular weight is 232 g/mol. The molecule has 0 saturated heterocycles. The minimum Gasteiger partial charge on any atom is -0.388 e. The second-order valence-corrected chi connectivity index (χ2v) is 5.75. The molecule has 0 bridgehead atoms. The van der Waals surface area contributed by atoms with Crippen molar-refractivity contribution in [2.45, 2.75) is 52.6 Å². The molecule has 0 aliphatic heterocycles. The van der Waals surface area contributed by atoms with Crippen LogP contribution in [-0.4, -0.2) is 5.11 Å². The third-order valence-electron chi connectivity index (χ3n) is 4.47. The molecule has 1 unspecified atom stereocenters. The van der Waals surface area contributed by atoms with Gasteiger partial charge in [-0.15, -0.1) is 0 Å². The van der Waals surface area contributed by atoms with E-state index in [0.717, 1.165) is 11.5 Å². The van der Waals surface area contributed by atoms with Gasteiger partial charge in [0, 0.05) is 0 Å². The number of hydrogen-bond acceptors (Lipinski definition) is 1. The van der Waals surface area contributed by atoms with Gasteiger partial charge in [0.05, 0.1) is 6.10 Å². The first-order chi connectivity index (χ1) is 8.09. The maximum Gasteiger partial charge on any atom is 0.0820 e. The number of aliphatic hydroxyl groups excluding tert-OH is 1. The zero-order chi connectivity index (χ0) is 12.4. The molecule has 1 N–H and O–H groups in total. The largest absolute Gasteiger partial charge is 0.388 e.